The van der Waals surface area contributed by atoms with Crippen molar-refractivity contribution in [2.24, 2.45) is 0 Å². The molecule has 0 aliphatic carbocycles. The number of nitrogens with zero attached hydrogens (tertiary/aromatic N) is 3. The molecule has 0 aliphatic heterocycles. The fourth-order valence-corrected chi connectivity index (χ4v) is 1.52. The predicted molar refractivity (Wildman–Crippen MR) is 73.0 cm³/mol. The van der Waals surface area contributed by atoms with Gasteiger partial charge < -0.3 is 9.80 Å². The molecule has 0 aromatic heterocycles. The van der Waals surface area contributed by atoms with Crippen LogP contribution in [0.25, 0.3) is 0 Å². The van der Waals surface area contributed by atoms with E-state index in [0.29, 0.717) is 6.54 Å². The summed E-state index contributed by atoms with van der Waals surface area (Å²) in [4.78, 5) is 25.7. The molecule has 1 aromatic rings. The number of carbonyl (C=O) groups excluding carboxylic acids is 1. The molecular formula is C13H19N3O3. The number of amides is 1. The number of carbonyl (C=O) groups is 1. The topological polar surface area (TPSA) is 66.7 Å². The van der Waals surface area contributed by atoms with Crippen molar-refractivity contribution in [2.75, 3.05) is 34.2 Å². The Labute approximate surface area is 112 Å². The molecule has 0 radical (unpaired) electrons. The van der Waals surface area contributed by atoms with E-state index < -0.39 is 4.92 Å². The first-order valence-corrected chi connectivity index (χ1v) is 6.02. The minimum absolute atomic E-state index is 0.00991. The van der Waals surface area contributed by atoms with Crippen LogP contribution in [0.15, 0.2) is 24.3 Å². The maximum absolute atomic E-state index is 11.9. The van der Waals surface area contributed by atoms with Gasteiger partial charge in [0.25, 0.3) is 5.69 Å². The van der Waals surface area contributed by atoms with Crippen molar-refractivity contribution in [3.05, 3.63) is 39.9 Å². The summed E-state index contributed by atoms with van der Waals surface area (Å²) < 4.78 is 0. The summed E-state index contributed by atoms with van der Waals surface area (Å²) in [5.41, 5.74) is 0.824. The fourth-order valence-electron chi connectivity index (χ4n) is 1.52. The number of benzene rings is 1. The predicted octanol–water partition coefficient (Wildman–Crippen LogP) is 1.16. The third kappa shape index (κ3) is 5.05. The van der Waals surface area contributed by atoms with Gasteiger partial charge in [-0.3, -0.25) is 14.9 Å². The number of nitro benzene ring substituents is 1. The lowest BCUT2D eigenvalue weighted by Crippen LogP contribution is -2.34. The Hall–Kier alpha value is -1.95. The second-order valence-electron chi connectivity index (χ2n) is 4.72. The molecule has 6 heteroatoms. The molecular weight excluding hydrogens is 246 g/mol. The molecule has 0 aliphatic rings. The van der Waals surface area contributed by atoms with Gasteiger partial charge >= 0.3 is 0 Å². The van der Waals surface area contributed by atoms with Gasteiger partial charge in [-0.25, -0.2) is 0 Å². The van der Waals surface area contributed by atoms with Crippen molar-refractivity contribution in [1.82, 2.24) is 9.80 Å². The van der Waals surface area contributed by atoms with E-state index in [2.05, 4.69) is 0 Å². The van der Waals surface area contributed by atoms with Crippen molar-refractivity contribution in [3.63, 3.8) is 0 Å². The quantitative estimate of drug-likeness (QED) is 0.572. The van der Waals surface area contributed by atoms with Gasteiger partial charge in [0, 0.05) is 32.3 Å². The van der Waals surface area contributed by atoms with Crippen molar-refractivity contribution in [3.8, 4) is 0 Å². The minimum atomic E-state index is -0.450. The van der Waals surface area contributed by atoms with Gasteiger partial charge in [-0.2, -0.15) is 0 Å². The van der Waals surface area contributed by atoms with Crippen LogP contribution in [0.5, 0.6) is 0 Å². The summed E-state index contributed by atoms with van der Waals surface area (Å²) >= 11 is 0. The first-order valence-electron chi connectivity index (χ1n) is 6.02. The summed E-state index contributed by atoms with van der Waals surface area (Å²) in [5, 5.41) is 10.5. The molecule has 19 heavy (non-hydrogen) atoms. The molecule has 0 spiro atoms. The maximum atomic E-state index is 11.9. The molecule has 0 atom stereocenters. The average molecular weight is 265 g/mol. The second-order valence-corrected chi connectivity index (χ2v) is 4.72. The van der Waals surface area contributed by atoms with Gasteiger partial charge in [-0.1, -0.05) is 12.1 Å². The van der Waals surface area contributed by atoms with Crippen molar-refractivity contribution in [1.29, 1.82) is 0 Å². The highest BCUT2D eigenvalue weighted by atomic mass is 16.6. The van der Waals surface area contributed by atoms with Crippen LogP contribution >= 0.6 is 0 Å². The Balaban J connectivity index is 2.54. The molecule has 0 bridgehead atoms. The molecule has 6 nitrogen and oxygen atoms in total. The SMILES string of the molecule is CN(C)CCN(C)C(=O)Cc1ccc([N+](=O)[O-])cc1. The highest BCUT2D eigenvalue weighted by molar-refractivity contribution is 5.78. The van der Waals surface area contributed by atoms with Gasteiger partial charge in [0.05, 0.1) is 11.3 Å². The van der Waals surface area contributed by atoms with Gasteiger partial charge in [0.1, 0.15) is 0 Å². The van der Waals surface area contributed by atoms with Gasteiger partial charge in [0.2, 0.25) is 5.91 Å². The number of nitro groups is 1. The van der Waals surface area contributed by atoms with E-state index in [1.807, 2.05) is 19.0 Å². The summed E-state index contributed by atoms with van der Waals surface area (Å²) in [6, 6.07) is 6.08. The van der Waals surface area contributed by atoms with E-state index in [1.54, 1.807) is 24.1 Å². The first-order chi connectivity index (χ1) is 8.90. The third-order valence-corrected chi connectivity index (χ3v) is 2.81. The molecule has 104 valence electrons. The highest BCUT2D eigenvalue weighted by Crippen LogP contribution is 2.12. The zero-order valence-corrected chi connectivity index (χ0v) is 11.5. The minimum Gasteiger partial charge on any atom is -0.344 e. The molecule has 0 unspecified atom stereocenters. The van der Waals surface area contributed by atoms with E-state index in [-0.39, 0.29) is 18.0 Å². The molecule has 0 heterocycles. The van der Waals surface area contributed by atoms with E-state index in [4.69, 9.17) is 0 Å². The Morgan fingerprint density at radius 1 is 1.16 bits per heavy atom. The highest BCUT2D eigenvalue weighted by Gasteiger charge is 2.11. The van der Waals surface area contributed by atoms with E-state index >= 15 is 0 Å². The first kappa shape index (κ1) is 15.1. The van der Waals surface area contributed by atoms with Crippen LogP contribution in [-0.2, 0) is 11.2 Å². The van der Waals surface area contributed by atoms with Crippen LogP contribution < -0.4 is 0 Å². The van der Waals surface area contributed by atoms with Gasteiger partial charge in [-0.05, 0) is 19.7 Å². The lowest BCUT2D eigenvalue weighted by atomic mass is 10.1. The Morgan fingerprint density at radius 2 is 1.74 bits per heavy atom. The molecule has 0 saturated heterocycles. The number of hydrogen-bond donors (Lipinski definition) is 0. The lowest BCUT2D eigenvalue weighted by Gasteiger charge is -2.19. The van der Waals surface area contributed by atoms with Crippen LogP contribution in [0, 0.1) is 10.1 Å². The molecule has 1 aromatic carbocycles. The van der Waals surface area contributed by atoms with Crippen LogP contribution in [0.2, 0.25) is 0 Å². The van der Waals surface area contributed by atoms with E-state index in [1.165, 1.54) is 12.1 Å². The average Bonchev–Trinajstić information content (AvgIpc) is 2.36. The van der Waals surface area contributed by atoms with Crippen LogP contribution in [-0.4, -0.2) is 54.9 Å². The normalized spacial score (nSPS) is 10.5. The summed E-state index contributed by atoms with van der Waals surface area (Å²) in [7, 11) is 5.67. The molecule has 0 N–H and O–H groups in total. The van der Waals surface area contributed by atoms with Crippen molar-refractivity contribution >= 4 is 11.6 Å². The standard InChI is InChI=1S/C13H19N3O3/c1-14(2)8-9-15(3)13(17)10-11-4-6-12(7-5-11)16(18)19/h4-7H,8-10H2,1-3H3. The van der Waals surface area contributed by atoms with Gasteiger partial charge in [0.15, 0.2) is 0 Å². The Morgan fingerprint density at radius 3 is 2.21 bits per heavy atom. The molecule has 1 amide bonds. The Bertz CT molecular complexity index is 443. The maximum Gasteiger partial charge on any atom is 0.269 e. The Kier molecular flexibility index (Phi) is 5.44. The largest absolute Gasteiger partial charge is 0.344 e. The smallest absolute Gasteiger partial charge is 0.269 e. The zero-order valence-electron chi connectivity index (χ0n) is 11.5. The summed E-state index contributed by atoms with van der Waals surface area (Å²) in [5.74, 6) is 0.00991. The van der Waals surface area contributed by atoms with Gasteiger partial charge in [-0.15, -0.1) is 0 Å². The molecule has 1 rings (SSSR count). The molecule has 0 saturated carbocycles. The number of non-ortho nitro benzene ring substituents is 1. The summed E-state index contributed by atoms with van der Waals surface area (Å²) in [6.45, 7) is 1.47. The van der Waals surface area contributed by atoms with E-state index in [0.717, 1.165) is 12.1 Å². The van der Waals surface area contributed by atoms with Crippen molar-refractivity contribution < 1.29 is 9.72 Å². The van der Waals surface area contributed by atoms with E-state index in [9.17, 15) is 14.9 Å². The lowest BCUT2D eigenvalue weighted by molar-refractivity contribution is -0.384. The van der Waals surface area contributed by atoms with Crippen LogP contribution in [0.1, 0.15) is 5.56 Å². The monoisotopic (exact) mass is 265 g/mol. The van der Waals surface area contributed by atoms with Crippen LogP contribution in [0.3, 0.4) is 0 Å². The number of rotatable bonds is 6. The number of hydrogen-bond acceptors (Lipinski definition) is 4. The van der Waals surface area contributed by atoms with Crippen molar-refractivity contribution in [2.45, 2.75) is 6.42 Å². The molecule has 0 fully saturated rings. The second kappa shape index (κ2) is 6.84. The number of likely N-dealkylation sites (N-methyl/N-ethyl adjacent to an activating group) is 2. The fraction of sp³-hybridized carbons (Fsp3) is 0.462. The van der Waals surface area contributed by atoms with Crippen LogP contribution in [0.4, 0.5) is 5.69 Å². The summed E-state index contributed by atoms with van der Waals surface area (Å²) in [6.07, 6.45) is 0.266. The zero-order chi connectivity index (χ0) is 14.4. The third-order valence-electron chi connectivity index (χ3n) is 2.81.